The number of hydrogen-bond donors (Lipinski definition) is 1. The number of nitrogens with zero attached hydrogens (tertiary/aromatic N) is 1. The van der Waals surface area contributed by atoms with E-state index in [1.807, 2.05) is 0 Å². The molecule has 2 rings (SSSR count). The topological polar surface area (TPSA) is 24.5 Å². The molecule has 0 atom stereocenters. The minimum Gasteiger partial charge on any atom is -0.406 e. The Kier molecular flexibility index (Phi) is 4.69. The molecule has 0 aliphatic carbocycles. The van der Waals surface area contributed by atoms with Crippen LogP contribution in [0.5, 0.6) is 5.75 Å². The Labute approximate surface area is 114 Å². The van der Waals surface area contributed by atoms with Gasteiger partial charge in [-0.25, -0.2) is 0 Å². The Morgan fingerprint density at radius 3 is 2.70 bits per heavy atom. The lowest BCUT2D eigenvalue weighted by atomic mass is 10.0. The third kappa shape index (κ3) is 4.56. The smallest absolute Gasteiger partial charge is 0.406 e. The van der Waals surface area contributed by atoms with E-state index in [1.54, 1.807) is 6.07 Å². The van der Waals surface area contributed by atoms with Crippen molar-refractivity contribution in [1.29, 1.82) is 0 Å². The summed E-state index contributed by atoms with van der Waals surface area (Å²) in [5.41, 5.74) is 0.564. The molecule has 7 heteroatoms. The van der Waals surface area contributed by atoms with E-state index in [9.17, 15) is 17.6 Å². The van der Waals surface area contributed by atoms with Crippen LogP contribution in [0.1, 0.15) is 0 Å². The van der Waals surface area contributed by atoms with Crippen molar-refractivity contribution in [3.05, 3.63) is 24.3 Å². The Bertz CT molecular complexity index is 433. The van der Waals surface area contributed by atoms with Crippen molar-refractivity contribution in [3.8, 4) is 5.75 Å². The molecule has 1 N–H and O–H groups in total. The van der Waals surface area contributed by atoms with Gasteiger partial charge in [-0.1, -0.05) is 6.07 Å². The second-order valence-corrected chi connectivity index (χ2v) is 4.78. The summed E-state index contributed by atoms with van der Waals surface area (Å²) in [6.07, 6.45) is -4.68. The molecule has 0 aromatic heterocycles. The third-order valence-electron chi connectivity index (χ3n) is 3.08. The number of hydrogen-bond acceptors (Lipinski definition) is 3. The van der Waals surface area contributed by atoms with Crippen LogP contribution in [0.25, 0.3) is 0 Å². The van der Waals surface area contributed by atoms with E-state index in [4.69, 9.17) is 0 Å². The molecule has 1 aromatic rings. The van der Waals surface area contributed by atoms with Crippen LogP contribution in [0, 0.1) is 5.92 Å². The fraction of sp³-hybridized carbons (Fsp3) is 0.538. The molecule has 0 saturated carbocycles. The number of halogens is 4. The van der Waals surface area contributed by atoms with Crippen molar-refractivity contribution in [2.45, 2.75) is 6.36 Å². The van der Waals surface area contributed by atoms with E-state index in [1.165, 1.54) is 18.2 Å². The zero-order valence-corrected chi connectivity index (χ0v) is 10.8. The number of rotatable bonds is 6. The van der Waals surface area contributed by atoms with Crippen molar-refractivity contribution < 1.29 is 22.3 Å². The quantitative estimate of drug-likeness (QED) is 0.816. The van der Waals surface area contributed by atoms with E-state index < -0.39 is 6.36 Å². The molecule has 1 aromatic carbocycles. The Morgan fingerprint density at radius 1 is 1.30 bits per heavy atom. The fourth-order valence-corrected chi connectivity index (χ4v) is 2.12. The molecular formula is C13H16F4N2O. The summed E-state index contributed by atoms with van der Waals surface area (Å²) in [6, 6.07) is 5.71. The first-order chi connectivity index (χ1) is 9.46. The van der Waals surface area contributed by atoms with Crippen molar-refractivity contribution in [1.82, 2.24) is 4.90 Å². The first-order valence-corrected chi connectivity index (χ1v) is 6.34. The molecule has 112 valence electrons. The van der Waals surface area contributed by atoms with Crippen LogP contribution in [0.4, 0.5) is 23.2 Å². The van der Waals surface area contributed by atoms with Gasteiger partial charge in [0.05, 0.1) is 6.67 Å². The molecule has 1 aliphatic heterocycles. The van der Waals surface area contributed by atoms with Crippen molar-refractivity contribution in [2.75, 3.05) is 38.2 Å². The molecule has 0 spiro atoms. The molecule has 0 amide bonds. The minimum absolute atomic E-state index is 0.138. The third-order valence-corrected chi connectivity index (χ3v) is 3.08. The molecule has 3 nitrogen and oxygen atoms in total. The first kappa shape index (κ1) is 14.9. The molecule has 0 bridgehead atoms. The second kappa shape index (κ2) is 6.30. The van der Waals surface area contributed by atoms with Gasteiger partial charge in [-0.3, -0.25) is 4.39 Å². The molecule has 0 unspecified atom stereocenters. The summed E-state index contributed by atoms with van der Waals surface area (Å²) in [7, 11) is 0. The summed E-state index contributed by atoms with van der Waals surface area (Å²) >= 11 is 0. The van der Waals surface area contributed by atoms with Gasteiger partial charge in [0.1, 0.15) is 5.75 Å². The van der Waals surface area contributed by atoms with Gasteiger partial charge < -0.3 is 15.0 Å². The number of likely N-dealkylation sites (tertiary alicyclic amines) is 1. The molecule has 20 heavy (non-hydrogen) atoms. The molecule has 1 saturated heterocycles. The molecule has 1 fully saturated rings. The van der Waals surface area contributed by atoms with E-state index in [0.717, 1.165) is 19.6 Å². The van der Waals surface area contributed by atoms with Gasteiger partial charge in [0.2, 0.25) is 0 Å². The highest BCUT2D eigenvalue weighted by molar-refractivity contribution is 5.48. The van der Waals surface area contributed by atoms with Gasteiger partial charge >= 0.3 is 6.36 Å². The number of benzene rings is 1. The Hall–Kier alpha value is -1.50. The molecule has 1 heterocycles. The molecular weight excluding hydrogens is 276 g/mol. The Balaban J connectivity index is 1.74. The number of alkyl halides is 4. The van der Waals surface area contributed by atoms with Crippen LogP contribution in [0.2, 0.25) is 0 Å². The maximum atomic E-state index is 12.2. The van der Waals surface area contributed by atoms with E-state index in [2.05, 4.69) is 15.0 Å². The number of ether oxygens (including phenoxy) is 1. The zero-order chi connectivity index (χ0) is 14.6. The van der Waals surface area contributed by atoms with Crippen LogP contribution >= 0.6 is 0 Å². The van der Waals surface area contributed by atoms with Gasteiger partial charge in [-0.2, -0.15) is 0 Å². The predicted molar refractivity (Wildman–Crippen MR) is 67.5 cm³/mol. The van der Waals surface area contributed by atoms with E-state index in [-0.39, 0.29) is 18.3 Å². The lowest BCUT2D eigenvalue weighted by Crippen LogP contribution is -2.49. The van der Waals surface area contributed by atoms with E-state index in [0.29, 0.717) is 12.2 Å². The van der Waals surface area contributed by atoms with Crippen LogP contribution in [0.3, 0.4) is 0 Å². The normalized spacial score (nSPS) is 16.8. The van der Waals surface area contributed by atoms with Crippen molar-refractivity contribution >= 4 is 5.69 Å². The van der Waals surface area contributed by atoms with Crippen LogP contribution in [-0.4, -0.2) is 44.1 Å². The SMILES string of the molecule is FCC1CN(CCNc2cccc(OC(F)(F)F)c2)C1. The maximum absolute atomic E-state index is 12.2. The van der Waals surface area contributed by atoms with Gasteiger partial charge in [0.15, 0.2) is 0 Å². The highest BCUT2D eigenvalue weighted by Gasteiger charge is 2.31. The average molecular weight is 292 g/mol. The summed E-state index contributed by atoms with van der Waals surface area (Å²) in [5.74, 6) is -0.109. The van der Waals surface area contributed by atoms with Crippen molar-refractivity contribution in [3.63, 3.8) is 0 Å². The maximum Gasteiger partial charge on any atom is 0.573 e. The monoisotopic (exact) mass is 292 g/mol. The van der Waals surface area contributed by atoms with Crippen LogP contribution < -0.4 is 10.1 Å². The molecule has 1 aliphatic rings. The highest BCUT2D eigenvalue weighted by atomic mass is 19.4. The summed E-state index contributed by atoms with van der Waals surface area (Å²) in [6.45, 7) is 2.53. The summed E-state index contributed by atoms with van der Waals surface area (Å²) in [5, 5.41) is 3.02. The zero-order valence-electron chi connectivity index (χ0n) is 10.8. The number of nitrogens with one attached hydrogen (secondary N) is 1. The Morgan fingerprint density at radius 2 is 2.05 bits per heavy atom. The first-order valence-electron chi connectivity index (χ1n) is 6.34. The van der Waals surface area contributed by atoms with Gasteiger partial charge in [0.25, 0.3) is 0 Å². The minimum atomic E-state index is -4.68. The lowest BCUT2D eigenvalue weighted by molar-refractivity contribution is -0.274. The van der Waals surface area contributed by atoms with Gasteiger partial charge in [-0.05, 0) is 12.1 Å². The van der Waals surface area contributed by atoms with Crippen molar-refractivity contribution in [2.24, 2.45) is 5.92 Å². The summed E-state index contributed by atoms with van der Waals surface area (Å²) in [4.78, 5) is 2.09. The van der Waals surface area contributed by atoms with Gasteiger partial charge in [0, 0.05) is 43.9 Å². The largest absolute Gasteiger partial charge is 0.573 e. The molecule has 0 radical (unpaired) electrons. The average Bonchev–Trinajstić information content (AvgIpc) is 2.30. The highest BCUT2D eigenvalue weighted by Crippen LogP contribution is 2.25. The fourth-order valence-electron chi connectivity index (χ4n) is 2.12. The number of anilines is 1. The predicted octanol–water partition coefficient (Wildman–Crippen LogP) is 2.90. The van der Waals surface area contributed by atoms with Crippen LogP contribution in [-0.2, 0) is 0 Å². The van der Waals surface area contributed by atoms with Crippen LogP contribution in [0.15, 0.2) is 24.3 Å². The second-order valence-electron chi connectivity index (χ2n) is 4.78. The van der Waals surface area contributed by atoms with E-state index >= 15 is 0 Å². The van der Waals surface area contributed by atoms with Gasteiger partial charge in [-0.15, -0.1) is 13.2 Å². The standard InChI is InChI=1S/C13H16F4N2O/c14-7-10-8-19(9-10)5-4-18-11-2-1-3-12(6-11)20-13(15,16)17/h1-3,6,10,18H,4-5,7-9H2. The lowest BCUT2D eigenvalue weighted by Gasteiger charge is -2.37. The summed E-state index contributed by atoms with van der Waals surface area (Å²) < 4.78 is 52.3.